The average Bonchev–Trinajstić information content (AvgIpc) is 2.54. The van der Waals surface area contributed by atoms with Gasteiger partial charge in [-0.25, -0.2) is 0 Å². The van der Waals surface area contributed by atoms with E-state index in [4.69, 9.17) is 4.74 Å². The Balaban J connectivity index is 2.24. The number of rotatable bonds is 9. The SMILES string of the molecule is CCOCCCCNC(=NC)NCC(C)c1ccc(C)cc1. The Morgan fingerprint density at radius 1 is 1.18 bits per heavy atom. The second kappa shape index (κ2) is 11.1. The first-order valence-corrected chi connectivity index (χ1v) is 8.26. The topological polar surface area (TPSA) is 45.6 Å². The van der Waals surface area contributed by atoms with E-state index in [1.165, 1.54) is 11.1 Å². The number of ether oxygens (including phenoxy) is 1. The molecule has 0 heterocycles. The number of benzene rings is 1. The molecule has 1 aromatic carbocycles. The zero-order chi connectivity index (χ0) is 16.2. The Morgan fingerprint density at radius 3 is 2.55 bits per heavy atom. The summed E-state index contributed by atoms with van der Waals surface area (Å²) in [6.45, 7) is 9.81. The van der Waals surface area contributed by atoms with E-state index in [0.29, 0.717) is 5.92 Å². The van der Waals surface area contributed by atoms with Crippen molar-refractivity contribution in [2.45, 2.75) is 39.5 Å². The number of hydrogen-bond acceptors (Lipinski definition) is 2. The monoisotopic (exact) mass is 305 g/mol. The zero-order valence-electron chi connectivity index (χ0n) is 14.5. The highest BCUT2D eigenvalue weighted by atomic mass is 16.5. The minimum atomic E-state index is 0.456. The second-order valence-corrected chi connectivity index (χ2v) is 5.60. The van der Waals surface area contributed by atoms with Crippen LogP contribution in [0.3, 0.4) is 0 Å². The minimum Gasteiger partial charge on any atom is -0.382 e. The van der Waals surface area contributed by atoms with Crippen molar-refractivity contribution in [2.75, 3.05) is 33.4 Å². The van der Waals surface area contributed by atoms with Crippen molar-refractivity contribution in [2.24, 2.45) is 4.99 Å². The third-order valence-corrected chi connectivity index (χ3v) is 3.66. The molecule has 0 amide bonds. The van der Waals surface area contributed by atoms with Gasteiger partial charge < -0.3 is 15.4 Å². The summed E-state index contributed by atoms with van der Waals surface area (Å²) < 4.78 is 5.33. The quantitative estimate of drug-likeness (QED) is 0.419. The Morgan fingerprint density at radius 2 is 1.91 bits per heavy atom. The summed E-state index contributed by atoms with van der Waals surface area (Å²) in [6.07, 6.45) is 2.17. The van der Waals surface area contributed by atoms with Gasteiger partial charge in [0.25, 0.3) is 0 Å². The smallest absolute Gasteiger partial charge is 0.190 e. The van der Waals surface area contributed by atoms with Gasteiger partial charge in [-0.2, -0.15) is 0 Å². The van der Waals surface area contributed by atoms with Crippen molar-refractivity contribution < 1.29 is 4.74 Å². The van der Waals surface area contributed by atoms with Crippen molar-refractivity contribution >= 4 is 5.96 Å². The summed E-state index contributed by atoms with van der Waals surface area (Å²) in [6, 6.07) is 8.73. The molecular formula is C18H31N3O. The lowest BCUT2D eigenvalue weighted by molar-refractivity contribution is 0.143. The maximum Gasteiger partial charge on any atom is 0.190 e. The van der Waals surface area contributed by atoms with Gasteiger partial charge >= 0.3 is 0 Å². The van der Waals surface area contributed by atoms with Crippen molar-refractivity contribution in [1.29, 1.82) is 0 Å². The first-order valence-electron chi connectivity index (χ1n) is 8.26. The normalized spacial score (nSPS) is 13.0. The van der Waals surface area contributed by atoms with E-state index in [2.05, 4.69) is 53.7 Å². The van der Waals surface area contributed by atoms with Gasteiger partial charge in [-0.1, -0.05) is 36.8 Å². The maximum atomic E-state index is 5.33. The third-order valence-electron chi connectivity index (χ3n) is 3.66. The maximum absolute atomic E-state index is 5.33. The van der Waals surface area contributed by atoms with Crippen LogP contribution in [0.4, 0.5) is 0 Å². The molecule has 0 saturated carbocycles. The third kappa shape index (κ3) is 7.46. The minimum absolute atomic E-state index is 0.456. The van der Waals surface area contributed by atoms with Gasteiger partial charge in [0.2, 0.25) is 0 Å². The molecule has 0 aromatic heterocycles. The molecule has 0 saturated heterocycles. The highest BCUT2D eigenvalue weighted by Crippen LogP contribution is 2.14. The van der Waals surface area contributed by atoms with Crippen LogP contribution in [-0.2, 0) is 4.74 Å². The van der Waals surface area contributed by atoms with Gasteiger partial charge in [0, 0.05) is 33.4 Å². The molecule has 0 aliphatic rings. The summed E-state index contributed by atoms with van der Waals surface area (Å²) in [7, 11) is 1.81. The molecule has 0 radical (unpaired) electrons. The lowest BCUT2D eigenvalue weighted by atomic mass is 10.0. The Hall–Kier alpha value is -1.55. The Bertz CT molecular complexity index is 428. The molecule has 1 unspecified atom stereocenters. The Labute approximate surface area is 135 Å². The van der Waals surface area contributed by atoms with Gasteiger partial charge in [0.1, 0.15) is 0 Å². The molecule has 0 aliphatic carbocycles. The fraction of sp³-hybridized carbons (Fsp3) is 0.611. The summed E-state index contributed by atoms with van der Waals surface area (Å²) in [4.78, 5) is 4.26. The number of aliphatic imine (C=N–C) groups is 1. The number of hydrogen-bond donors (Lipinski definition) is 2. The fourth-order valence-corrected chi connectivity index (χ4v) is 2.16. The number of unbranched alkanes of at least 4 members (excludes halogenated alkanes) is 1. The number of nitrogens with zero attached hydrogens (tertiary/aromatic N) is 1. The van der Waals surface area contributed by atoms with Crippen molar-refractivity contribution in [3.05, 3.63) is 35.4 Å². The van der Waals surface area contributed by atoms with Crippen molar-refractivity contribution in [1.82, 2.24) is 10.6 Å². The molecule has 1 atom stereocenters. The Kier molecular flexibility index (Phi) is 9.31. The molecular weight excluding hydrogens is 274 g/mol. The molecule has 1 rings (SSSR count). The van der Waals surface area contributed by atoms with E-state index >= 15 is 0 Å². The van der Waals surface area contributed by atoms with Gasteiger partial charge in [-0.15, -0.1) is 0 Å². The van der Waals surface area contributed by atoms with E-state index in [-0.39, 0.29) is 0 Å². The van der Waals surface area contributed by atoms with Crippen molar-refractivity contribution in [3.8, 4) is 0 Å². The molecule has 0 bridgehead atoms. The van der Waals surface area contributed by atoms with Crippen LogP contribution in [0.2, 0.25) is 0 Å². The number of nitrogens with one attached hydrogen (secondary N) is 2. The van der Waals surface area contributed by atoms with E-state index in [0.717, 1.165) is 45.1 Å². The molecule has 2 N–H and O–H groups in total. The molecule has 0 fully saturated rings. The molecule has 22 heavy (non-hydrogen) atoms. The van der Waals surface area contributed by atoms with Crippen LogP contribution in [0.15, 0.2) is 29.3 Å². The van der Waals surface area contributed by atoms with Crippen molar-refractivity contribution in [3.63, 3.8) is 0 Å². The first kappa shape index (κ1) is 18.5. The van der Waals surface area contributed by atoms with Crippen LogP contribution >= 0.6 is 0 Å². The largest absolute Gasteiger partial charge is 0.382 e. The van der Waals surface area contributed by atoms with E-state index < -0.39 is 0 Å². The molecule has 0 aliphatic heterocycles. The second-order valence-electron chi connectivity index (χ2n) is 5.60. The highest BCUT2D eigenvalue weighted by Gasteiger charge is 2.06. The van der Waals surface area contributed by atoms with Gasteiger partial charge in [0.15, 0.2) is 5.96 Å². The lowest BCUT2D eigenvalue weighted by Crippen LogP contribution is -2.39. The van der Waals surface area contributed by atoms with Crippen LogP contribution in [0.25, 0.3) is 0 Å². The predicted octanol–water partition coefficient (Wildman–Crippen LogP) is 3.08. The van der Waals surface area contributed by atoms with Crippen LogP contribution in [0.1, 0.15) is 43.7 Å². The summed E-state index contributed by atoms with van der Waals surface area (Å²) in [5, 5.41) is 6.74. The van der Waals surface area contributed by atoms with Gasteiger partial charge in [0.05, 0.1) is 0 Å². The van der Waals surface area contributed by atoms with E-state index in [1.54, 1.807) is 0 Å². The standard InChI is InChI=1S/C18H31N3O/c1-5-22-13-7-6-12-20-18(19-4)21-14-16(3)17-10-8-15(2)9-11-17/h8-11,16H,5-7,12-14H2,1-4H3,(H2,19,20,21). The van der Waals surface area contributed by atoms with Gasteiger partial charge in [-0.3, -0.25) is 4.99 Å². The molecule has 4 nitrogen and oxygen atoms in total. The number of guanidine groups is 1. The molecule has 1 aromatic rings. The van der Waals surface area contributed by atoms with Crippen LogP contribution in [0.5, 0.6) is 0 Å². The summed E-state index contributed by atoms with van der Waals surface area (Å²) in [5.74, 6) is 1.33. The highest BCUT2D eigenvalue weighted by molar-refractivity contribution is 5.79. The van der Waals surface area contributed by atoms with Crippen LogP contribution in [-0.4, -0.2) is 39.3 Å². The average molecular weight is 305 g/mol. The molecule has 124 valence electrons. The van der Waals surface area contributed by atoms with Crippen LogP contribution in [0, 0.1) is 6.92 Å². The van der Waals surface area contributed by atoms with E-state index in [1.807, 2.05) is 14.0 Å². The molecule has 4 heteroatoms. The number of aryl methyl sites for hydroxylation is 1. The summed E-state index contributed by atoms with van der Waals surface area (Å²) in [5.41, 5.74) is 2.65. The van der Waals surface area contributed by atoms with Gasteiger partial charge in [-0.05, 0) is 38.2 Å². The van der Waals surface area contributed by atoms with Crippen LogP contribution < -0.4 is 10.6 Å². The predicted molar refractivity (Wildman–Crippen MR) is 94.7 cm³/mol. The van der Waals surface area contributed by atoms with E-state index in [9.17, 15) is 0 Å². The zero-order valence-corrected chi connectivity index (χ0v) is 14.5. The fourth-order valence-electron chi connectivity index (χ4n) is 2.16. The molecule has 0 spiro atoms. The summed E-state index contributed by atoms with van der Waals surface area (Å²) >= 11 is 0. The lowest BCUT2D eigenvalue weighted by Gasteiger charge is -2.16. The first-order chi connectivity index (χ1) is 10.7.